The highest BCUT2D eigenvalue weighted by Crippen LogP contribution is 2.11. The molecule has 1 atom stereocenters. The highest BCUT2D eigenvalue weighted by atomic mass is 32.2. The first-order valence-electron chi connectivity index (χ1n) is 4.64. The molecule has 5 heteroatoms. The van der Waals surface area contributed by atoms with E-state index in [2.05, 4.69) is 0 Å². The normalized spacial score (nSPS) is 21.7. The zero-order valence-electron chi connectivity index (χ0n) is 7.98. The number of aliphatic hydroxyl groups is 1. The Balaban J connectivity index is 2.26. The minimum Gasteiger partial charge on any atom is -0.391 e. The van der Waals surface area contributed by atoms with Crippen LogP contribution >= 0.6 is 11.8 Å². The van der Waals surface area contributed by atoms with Gasteiger partial charge in [-0.3, -0.25) is 4.79 Å². The Morgan fingerprint density at radius 3 is 3.14 bits per heavy atom. The van der Waals surface area contributed by atoms with Crippen molar-refractivity contribution in [3.8, 4) is 6.07 Å². The number of β-amino-alcohol motifs (C(OH)–C–C–N with tert-alkyl or cyclic N) is 1. The van der Waals surface area contributed by atoms with Gasteiger partial charge in [0.2, 0.25) is 5.91 Å². The maximum atomic E-state index is 11.5. The van der Waals surface area contributed by atoms with Crippen molar-refractivity contribution in [3.63, 3.8) is 0 Å². The summed E-state index contributed by atoms with van der Waals surface area (Å²) in [6, 6.07) is 1.98. The number of hydrogen-bond donors (Lipinski definition) is 1. The first kappa shape index (κ1) is 11.3. The summed E-state index contributed by atoms with van der Waals surface area (Å²) in [5.74, 6) is 0.728. The van der Waals surface area contributed by atoms with Crippen LogP contribution in [0.25, 0.3) is 0 Å². The van der Waals surface area contributed by atoms with Crippen molar-refractivity contribution in [1.82, 2.24) is 4.90 Å². The molecule has 78 valence electrons. The van der Waals surface area contributed by atoms with Gasteiger partial charge in [-0.25, -0.2) is 0 Å². The predicted octanol–water partition coefficient (Wildman–Crippen LogP) is 0.226. The third kappa shape index (κ3) is 3.56. The molecule has 0 aromatic rings. The van der Waals surface area contributed by atoms with Gasteiger partial charge in [0.1, 0.15) is 0 Å². The van der Waals surface area contributed by atoms with E-state index in [4.69, 9.17) is 5.26 Å². The quantitative estimate of drug-likeness (QED) is 0.683. The molecule has 0 spiro atoms. The monoisotopic (exact) mass is 214 g/mol. The van der Waals surface area contributed by atoms with Crippen molar-refractivity contribution in [2.45, 2.75) is 18.9 Å². The van der Waals surface area contributed by atoms with Crippen molar-refractivity contribution < 1.29 is 9.90 Å². The van der Waals surface area contributed by atoms with E-state index in [1.807, 2.05) is 6.07 Å². The van der Waals surface area contributed by atoms with Crippen molar-refractivity contribution in [1.29, 1.82) is 5.26 Å². The first-order valence-corrected chi connectivity index (χ1v) is 5.80. The summed E-state index contributed by atoms with van der Waals surface area (Å²) in [5.41, 5.74) is 0. The molecule has 14 heavy (non-hydrogen) atoms. The summed E-state index contributed by atoms with van der Waals surface area (Å²) in [7, 11) is 0. The Bertz CT molecular complexity index is 239. The van der Waals surface area contributed by atoms with Gasteiger partial charge in [0.15, 0.2) is 0 Å². The molecule has 1 saturated heterocycles. The van der Waals surface area contributed by atoms with Crippen LogP contribution in [0.1, 0.15) is 12.8 Å². The van der Waals surface area contributed by atoms with Crippen LogP contribution in [-0.2, 0) is 4.79 Å². The largest absolute Gasteiger partial charge is 0.391 e. The second-order valence-corrected chi connectivity index (χ2v) is 4.27. The maximum Gasteiger partial charge on any atom is 0.232 e. The lowest BCUT2D eigenvalue weighted by Gasteiger charge is -2.29. The molecule has 0 bridgehead atoms. The lowest BCUT2D eigenvalue weighted by atomic mass is 10.1. The Morgan fingerprint density at radius 1 is 1.71 bits per heavy atom. The maximum absolute atomic E-state index is 11.5. The molecule has 1 aliphatic heterocycles. The third-order valence-electron chi connectivity index (χ3n) is 2.14. The minimum atomic E-state index is -0.367. The van der Waals surface area contributed by atoms with Gasteiger partial charge in [-0.1, -0.05) is 0 Å². The number of hydrogen-bond acceptors (Lipinski definition) is 4. The molecule has 1 fully saturated rings. The van der Waals surface area contributed by atoms with E-state index in [0.717, 1.165) is 19.4 Å². The van der Waals surface area contributed by atoms with E-state index < -0.39 is 0 Å². The molecule has 0 aromatic heterocycles. The molecule has 1 unspecified atom stereocenters. The molecule has 1 aliphatic rings. The smallest absolute Gasteiger partial charge is 0.232 e. The SMILES string of the molecule is N#CCSCC(=O)N1CCCC(O)C1. The van der Waals surface area contributed by atoms with Gasteiger partial charge in [0.25, 0.3) is 0 Å². The Labute approximate surface area is 87.9 Å². The number of rotatable bonds is 3. The predicted molar refractivity (Wildman–Crippen MR) is 54.8 cm³/mol. The fourth-order valence-corrected chi connectivity index (χ4v) is 2.01. The molecule has 1 heterocycles. The van der Waals surface area contributed by atoms with Gasteiger partial charge in [-0.15, -0.1) is 11.8 Å². The Hall–Kier alpha value is -0.730. The molecular weight excluding hydrogens is 200 g/mol. The van der Waals surface area contributed by atoms with E-state index in [-0.39, 0.29) is 12.0 Å². The molecule has 1 amide bonds. The van der Waals surface area contributed by atoms with Crippen LogP contribution in [0.2, 0.25) is 0 Å². The van der Waals surface area contributed by atoms with Crippen molar-refractivity contribution in [3.05, 3.63) is 0 Å². The van der Waals surface area contributed by atoms with Gasteiger partial charge in [0.05, 0.1) is 23.7 Å². The van der Waals surface area contributed by atoms with E-state index in [1.54, 1.807) is 4.90 Å². The van der Waals surface area contributed by atoms with E-state index in [0.29, 0.717) is 18.1 Å². The fourth-order valence-electron chi connectivity index (χ4n) is 1.46. The van der Waals surface area contributed by atoms with Gasteiger partial charge < -0.3 is 10.0 Å². The summed E-state index contributed by atoms with van der Waals surface area (Å²) in [6.07, 6.45) is 1.29. The summed E-state index contributed by atoms with van der Waals surface area (Å²) in [6.45, 7) is 1.19. The van der Waals surface area contributed by atoms with E-state index >= 15 is 0 Å². The highest BCUT2D eigenvalue weighted by molar-refractivity contribution is 8.00. The van der Waals surface area contributed by atoms with Crippen molar-refractivity contribution in [2.24, 2.45) is 0 Å². The van der Waals surface area contributed by atoms with Crippen LogP contribution in [0.5, 0.6) is 0 Å². The fraction of sp³-hybridized carbons (Fsp3) is 0.778. The second-order valence-electron chi connectivity index (χ2n) is 3.29. The number of nitrogens with zero attached hydrogens (tertiary/aromatic N) is 2. The molecule has 1 N–H and O–H groups in total. The van der Waals surface area contributed by atoms with Gasteiger partial charge >= 0.3 is 0 Å². The zero-order chi connectivity index (χ0) is 10.4. The molecule has 0 saturated carbocycles. The molecule has 4 nitrogen and oxygen atoms in total. The number of thioether (sulfide) groups is 1. The van der Waals surface area contributed by atoms with Crippen LogP contribution in [0.4, 0.5) is 0 Å². The number of amides is 1. The van der Waals surface area contributed by atoms with Crippen molar-refractivity contribution >= 4 is 17.7 Å². The average molecular weight is 214 g/mol. The van der Waals surface area contributed by atoms with Crippen LogP contribution in [0, 0.1) is 11.3 Å². The number of likely N-dealkylation sites (tertiary alicyclic amines) is 1. The second kappa shape index (κ2) is 5.89. The van der Waals surface area contributed by atoms with Crippen LogP contribution in [-0.4, -0.2) is 46.6 Å². The lowest BCUT2D eigenvalue weighted by molar-refractivity contribution is -0.131. The van der Waals surface area contributed by atoms with Crippen LogP contribution in [0.3, 0.4) is 0 Å². The Kier molecular flexibility index (Phi) is 4.77. The zero-order valence-corrected chi connectivity index (χ0v) is 8.79. The molecule has 1 rings (SSSR count). The molecule has 0 radical (unpaired) electrons. The van der Waals surface area contributed by atoms with Crippen molar-refractivity contribution in [2.75, 3.05) is 24.6 Å². The number of aliphatic hydroxyl groups excluding tert-OH is 1. The average Bonchev–Trinajstić information content (AvgIpc) is 2.18. The lowest BCUT2D eigenvalue weighted by Crippen LogP contribution is -2.43. The van der Waals surface area contributed by atoms with Gasteiger partial charge in [-0.2, -0.15) is 5.26 Å². The van der Waals surface area contributed by atoms with Crippen LogP contribution in [0.15, 0.2) is 0 Å². The number of carbonyl (C=O) groups is 1. The van der Waals surface area contributed by atoms with E-state index in [9.17, 15) is 9.90 Å². The summed E-state index contributed by atoms with van der Waals surface area (Å²) < 4.78 is 0. The standard InChI is InChI=1S/C9H14N2O2S/c10-3-5-14-7-9(13)11-4-1-2-8(12)6-11/h8,12H,1-2,4-7H2. The number of piperidine rings is 1. The number of nitriles is 1. The summed E-state index contributed by atoms with van der Waals surface area (Å²) in [4.78, 5) is 13.2. The summed E-state index contributed by atoms with van der Waals surface area (Å²) in [5, 5.41) is 17.6. The molecular formula is C9H14N2O2S. The first-order chi connectivity index (χ1) is 6.74. The number of carbonyl (C=O) groups excluding carboxylic acids is 1. The summed E-state index contributed by atoms with van der Waals surface area (Å²) >= 11 is 1.32. The Morgan fingerprint density at radius 2 is 2.50 bits per heavy atom. The van der Waals surface area contributed by atoms with E-state index in [1.165, 1.54) is 11.8 Å². The van der Waals surface area contributed by atoms with Gasteiger partial charge in [-0.05, 0) is 12.8 Å². The highest BCUT2D eigenvalue weighted by Gasteiger charge is 2.21. The molecule has 0 aromatic carbocycles. The minimum absolute atomic E-state index is 0.0315. The van der Waals surface area contributed by atoms with Gasteiger partial charge in [0, 0.05) is 13.1 Å². The third-order valence-corrected chi connectivity index (χ3v) is 2.93. The topological polar surface area (TPSA) is 64.3 Å². The van der Waals surface area contributed by atoms with Crippen LogP contribution < -0.4 is 0 Å². The molecule has 0 aliphatic carbocycles.